The number of carbonyl (C=O) groups is 1. The maximum absolute atomic E-state index is 10.8. The minimum absolute atomic E-state index is 0.0655. The van der Waals surface area contributed by atoms with Crippen molar-refractivity contribution in [2.24, 2.45) is 5.41 Å². The largest absolute Gasteiger partial charge is 0.295 e. The summed E-state index contributed by atoms with van der Waals surface area (Å²) in [6.45, 7) is 0. The quantitative estimate of drug-likeness (QED) is 0.537. The zero-order valence-corrected chi connectivity index (χ0v) is 7.45. The lowest BCUT2D eigenvalue weighted by Gasteiger charge is -2.15. The molecule has 1 saturated carbocycles. The van der Waals surface area contributed by atoms with Gasteiger partial charge in [-0.15, -0.1) is 23.2 Å². The summed E-state index contributed by atoms with van der Waals surface area (Å²) < 4.78 is -0.593. The molecule has 0 radical (unpaired) electrons. The van der Waals surface area contributed by atoms with E-state index in [1.807, 2.05) is 6.08 Å². The molecule has 0 bridgehead atoms. The lowest BCUT2D eigenvalue weighted by atomic mass is 9.92. The monoisotopic (exact) mass is 190 g/mol. The van der Waals surface area contributed by atoms with Crippen molar-refractivity contribution in [3.05, 3.63) is 12.2 Å². The molecule has 0 unspecified atom stereocenters. The van der Waals surface area contributed by atoms with Crippen LogP contribution in [0.4, 0.5) is 0 Å². The van der Waals surface area contributed by atoms with Gasteiger partial charge < -0.3 is 0 Å². The van der Waals surface area contributed by atoms with Gasteiger partial charge in [-0.25, -0.2) is 0 Å². The normalized spacial score (nSPS) is 39.6. The van der Waals surface area contributed by atoms with Crippen molar-refractivity contribution in [3.8, 4) is 0 Å². The second-order valence-corrected chi connectivity index (χ2v) is 4.82. The highest BCUT2D eigenvalue weighted by molar-refractivity contribution is 6.51. The van der Waals surface area contributed by atoms with E-state index in [1.54, 1.807) is 6.08 Å². The first-order valence-electron chi connectivity index (χ1n) is 3.66. The Morgan fingerprint density at radius 1 is 1.45 bits per heavy atom. The third kappa shape index (κ3) is 1.02. The van der Waals surface area contributed by atoms with Crippen LogP contribution in [0.1, 0.15) is 19.3 Å². The molecule has 0 aliphatic heterocycles. The number of rotatable bonds is 0. The summed E-state index contributed by atoms with van der Waals surface area (Å²) in [6.07, 6.45) is 5.69. The predicted octanol–water partition coefficient (Wildman–Crippen LogP) is 2.47. The average molecular weight is 191 g/mol. The molecule has 11 heavy (non-hydrogen) atoms. The lowest BCUT2D eigenvalue weighted by molar-refractivity contribution is -0.115. The molecule has 1 fully saturated rings. The summed E-state index contributed by atoms with van der Waals surface area (Å²) in [5, 5.41) is 0. The van der Waals surface area contributed by atoms with Crippen LogP contribution < -0.4 is 0 Å². The van der Waals surface area contributed by atoms with Crippen molar-refractivity contribution in [2.75, 3.05) is 0 Å². The Morgan fingerprint density at radius 3 is 2.45 bits per heavy atom. The first kappa shape index (κ1) is 7.63. The highest BCUT2D eigenvalue weighted by Crippen LogP contribution is 2.68. The number of alkyl halides is 2. The summed E-state index contributed by atoms with van der Waals surface area (Å²) in [4.78, 5) is 10.8. The van der Waals surface area contributed by atoms with E-state index in [2.05, 4.69) is 0 Å². The highest BCUT2D eigenvalue weighted by atomic mass is 35.5. The van der Waals surface area contributed by atoms with Crippen molar-refractivity contribution in [1.82, 2.24) is 0 Å². The topological polar surface area (TPSA) is 17.1 Å². The van der Waals surface area contributed by atoms with Gasteiger partial charge in [-0.05, 0) is 18.9 Å². The molecule has 2 aliphatic rings. The smallest absolute Gasteiger partial charge is 0.155 e. The molecule has 1 spiro atoms. The van der Waals surface area contributed by atoms with Crippen LogP contribution in [0.15, 0.2) is 12.2 Å². The fourth-order valence-corrected chi connectivity index (χ4v) is 2.36. The number of hydrogen-bond acceptors (Lipinski definition) is 1. The molecular weight excluding hydrogens is 183 g/mol. The van der Waals surface area contributed by atoms with Crippen molar-refractivity contribution in [1.29, 1.82) is 0 Å². The summed E-state index contributed by atoms with van der Waals surface area (Å²) in [6, 6.07) is 0. The van der Waals surface area contributed by atoms with Crippen molar-refractivity contribution in [2.45, 2.75) is 23.6 Å². The van der Waals surface area contributed by atoms with Gasteiger partial charge in [-0.2, -0.15) is 0 Å². The van der Waals surface area contributed by atoms with Gasteiger partial charge in [0.25, 0.3) is 0 Å². The first-order chi connectivity index (χ1) is 5.06. The van der Waals surface area contributed by atoms with Gasteiger partial charge >= 0.3 is 0 Å². The Kier molecular flexibility index (Phi) is 1.40. The average Bonchev–Trinajstić information content (AvgIpc) is 2.44. The van der Waals surface area contributed by atoms with E-state index in [9.17, 15) is 4.79 Å². The van der Waals surface area contributed by atoms with E-state index >= 15 is 0 Å². The van der Waals surface area contributed by atoms with Crippen LogP contribution in [0.2, 0.25) is 0 Å². The molecule has 1 atom stereocenters. The van der Waals surface area contributed by atoms with Gasteiger partial charge in [-0.3, -0.25) is 4.79 Å². The molecule has 0 aromatic carbocycles. The maximum Gasteiger partial charge on any atom is 0.155 e. The highest BCUT2D eigenvalue weighted by Gasteiger charge is 2.64. The van der Waals surface area contributed by atoms with E-state index in [0.717, 1.165) is 12.8 Å². The number of ketones is 1. The first-order valence-corrected chi connectivity index (χ1v) is 4.41. The summed E-state index contributed by atoms with van der Waals surface area (Å²) in [5.41, 5.74) is -0.0655. The summed E-state index contributed by atoms with van der Waals surface area (Å²) >= 11 is 11.9. The fraction of sp³-hybridized carbons (Fsp3) is 0.625. The van der Waals surface area contributed by atoms with E-state index in [0.29, 0.717) is 6.42 Å². The third-order valence-corrected chi connectivity index (χ3v) is 3.57. The number of carbonyl (C=O) groups excluding carboxylic acids is 1. The number of halogens is 2. The molecule has 0 N–H and O–H groups in total. The van der Waals surface area contributed by atoms with Crippen LogP contribution in [0.5, 0.6) is 0 Å². The number of hydrogen-bond donors (Lipinski definition) is 0. The van der Waals surface area contributed by atoms with Crippen LogP contribution in [0.3, 0.4) is 0 Å². The van der Waals surface area contributed by atoms with Gasteiger partial charge in [0, 0.05) is 11.8 Å². The van der Waals surface area contributed by atoms with E-state index in [1.165, 1.54) is 0 Å². The van der Waals surface area contributed by atoms with Crippen LogP contribution in [0, 0.1) is 5.41 Å². The lowest BCUT2D eigenvalue weighted by Crippen LogP contribution is -2.13. The fourth-order valence-electron chi connectivity index (χ4n) is 1.57. The summed E-state index contributed by atoms with van der Waals surface area (Å²) in [7, 11) is 0. The molecule has 0 aromatic heterocycles. The Morgan fingerprint density at radius 2 is 2.09 bits per heavy atom. The Balaban J connectivity index is 2.21. The van der Waals surface area contributed by atoms with E-state index < -0.39 is 4.33 Å². The zero-order chi connectivity index (χ0) is 8.11. The SMILES string of the molecule is O=C1C=C[C@]2(CC1)CC2(Cl)Cl. The molecule has 0 aromatic rings. The van der Waals surface area contributed by atoms with Crippen LogP contribution in [-0.2, 0) is 4.79 Å². The van der Waals surface area contributed by atoms with Crippen LogP contribution in [0.25, 0.3) is 0 Å². The maximum atomic E-state index is 10.8. The predicted molar refractivity (Wildman–Crippen MR) is 44.9 cm³/mol. The van der Waals surface area contributed by atoms with Gasteiger partial charge in [0.15, 0.2) is 5.78 Å². The van der Waals surface area contributed by atoms with E-state index in [4.69, 9.17) is 23.2 Å². The third-order valence-electron chi connectivity index (χ3n) is 2.55. The molecule has 0 amide bonds. The standard InChI is InChI=1S/C8H8Cl2O/c9-8(10)5-7(8)3-1-6(11)2-4-7/h1,3H,2,4-5H2/t7-/m0/s1. The second-order valence-electron chi connectivity index (χ2n) is 3.34. The second kappa shape index (κ2) is 2.02. The summed E-state index contributed by atoms with van der Waals surface area (Å²) in [5.74, 6) is 0.187. The molecule has 0 heterocycles. The molecule has 60 valence electrons. The minimum atomic E-state index is -0.593. The Labute approximate surface area is 75.4 Å². The van der Waals surface area contributed by atoms with Gasteiger partial charge in [0.1, 0.15) is 4.33 Å². The van der Waals surface area contributed by atoms with Gasteiger partial charge in [0.2, 0.25) is 0 Å². The van der Waals surface area contributed by atoms with Crippen molar-refractivity contribution < 1.29 is 4.79 Å². The van der Waals surface area contributed by atoms with Crippen LogP contribution in [-0.4, -0.2) is 10.1 Å². The molecule has 2 aliphatic carbocycles. The minimum Gasteiger partial charge on any atom is -0.295 e. The zero-order valence-electron chi connectivity index (χ0n) is 5.94. The molecule has 1 nitrogen and oxygen atoms in total. The van der Waals surface area contributed by atoms with Gasteiger partial charge in [-0.1, -0.05) is 6.08 Å². The van der Waals surface area contributed by atoms with Crippen LogP contribution >= 0.6 is 23.2 Å². The van der Waals surface area contributed by atoms with E-state index in [-0.39, 0.29) is 11.2 Å². The molecule has 3 heteroatoms. The van der Waals surface area contributed by atoms with Crippen molar-refractivity contribution in [3.63, 3.8) is 0 Å². The van der Waals surface area contributed by atoms with Crippen molar-refractivity contribution >= 4 is 29.0 Å². The number of allylic oxidation sites excluding steroid dienone is 2. The molecular formula is C8H8Cl2O. The Bertz CT molecular complexity index is 244. The Hall–Kier alpha value is -0.0100. The molecule has 0 saturated heterocycles. The van der Waals surface area contributed by atoms with Gasteiger partial charge in [0.05, 0.1) is 0 Å². The molecule has 2 rings (SSSR count).